The van der Waals surface area contributed by atoms with Gasteiger partial charge < -0.3 is 10.0 Å². The Hall–Kier alpha value is -2.43. The molecule has 0 aliphatic carbocycles. The van der Waals surface area contributed by atoms with Gasteiger partial charge in [0.15, 0.2) is 0 Å². The molecule has 1 heterocycles. The van der Waals surface area contributed by atoms with Crippen molar-refractivity contribution in [1.29, 1.82) is 0 Å². The molecule has 1 aromatic carbocycles. The third kappa shape index (κ3) is 4.06. The number of aliphatic carboxylic acids is 1. The van der Waals surface area contributed by atoms with Gasteiger partial charge in [0.1, 0.15) is 6.33 Å². The lowest BCUT2D eigenvalue weighted by molar-refractivity contribution is -0.136. The van der Waals surface area contributed by atoms with Crippen LogP contribution in [0.15, 0.2) is 48.9 Å². The molecule has 0 bridgehead atoms. The van der Waals surface area contributed by atoms with Crippen molar-refractivity contribution < 1.29 is 9.90 Å². The Morgan fingerprint density at radius 3 is 2.63 bits per heavy atom. The van der Waals surface area contributed by atoms with Gasteiger partial charge in [0.25, 0.3) is 0 Å². The third-order valence-electron chi connectivity index (χ3n) is 2.71. The van der Waals surface area contributed by atoms with E-state index < -0.39 is 5.97 Å². The lowest BCUT2D eigenvalue weighted by Crippen LogP contribution is -2.26. The molecule has 2 aromatic rings. The topological polar surface area (TPSA) is 66.3 Å². The molecule has 0 fully saturated rings. The first-order chi connectivity index (χ1) is 9.25. The van der Waals surface area contributed by atoms with Gasteiger partial charge in [0.05, 0.1) is 18.7 Å². The molecule has 0 unspecified atom stereocenters. The molecule has 2 rings (SSSR count). The van der Waals surface area contributed by atoms with Crippen LogP contribution in [0, 0.1) is 0 Å². The smallest absolute Gasteiger partial charge is 0.305 e. The monoisotopic (exact) mass is 257 g/mol. The van der Waals surface area contributed by atoms with Crippen LogP contribution in [0.4, 0.5) is 5.69 Å². The number of carboxylic acids is 1. The van der Waals surface area contributed by atoms with Crippen LogP contribution in [-0.2, 0) is 11.3 Å². The Labute approximate surface area is 111 Å². The lowest BCUT2D eigenvalue weighted by Gasteiger charge is -2.23. The van der Waals surface area contributed by atoms with Crippen molar-refractivity contribution >= 4 is 11.7 Å². The number of para-hydroxylation sites is 1. The molecule has 0 amide bonds. The Morgan fingerprint density at radius 1 is 1.21 bits per heavy atom. The van der Waals surface area contributed by atoms with Gasteiger partial charge in [-0.3, -0.25) is 4.79 Å². The highest BCUT2D eigenvalue weighted by Gasteiger charge is 2.09. The van der Waals surface area contributed by atoms with Crippen LogP contribution in [0.2, 0.25) is 0 Å². The zero-order valence-electron chi connectivity index (χ0n) is 10.4. The molecule has 5 nitrogen and oxygen atoms in total. The summed E-state index contributed by atoms with van der Waals surface area (Å²) < 4.78 is 0. The number of carboxylic acid groups (broad SMARTS) is 1. The number of rotatable bonds is 6. The summed E-state index contributed by atoms with van der Waals surface area (Å²) in [6.07, 6.45) is 3.28. The van der Waals surface area contributed by atoms with E-state index in [9.17, 15) is 4.79 Å². The van der Waals surface area contributed by atoms with E-state index in [0.29, 0.717) is 13.1 Å². The molecule has 0 atom stereocenters. The second-order valence-corrected chi connectivity index (χ2v) is 4.10. The first-order valence-electron chi connectivity index (χ1n) is 6.02. The molecular formula is C14H15N3O2. The van der Waals surface area contributed by atoms with Gasteiger partial charge in [-0.05, 0) is 18.2 Å². The Bertz CT molecular complexity index is 517. The van der Waals surface area contributed by atoms with Gasteiger partial charge in [0.2, 0.25) is 0 Å². The molecule has 0 aliphatic rings. The molecule has 1 N–H and O–H groups in total. The maximum atomic E-state index is 10.7. The molecule has 98 valence electrons. The third-order valence-corrected chi connectivity index (χ3v) is 2.71. The molecule has 19 heavy (non-hydrogen) atoms. The number of benzene rings is 1. The molecule has 0 radical (unpaired) electrons. The zero-order chi connectivity index (χ0) is 13.5. The minimum atomic E-state index is -0.802. The summed E-state index contributed by atoms with van der Waals surface area (Å²) in [6.45, 7) is 1.02. The van der Waals surface area contributed by atoms with E-state index in [-0.39, 0.29) is 6.42 Å². The summed E-state index contributed by atoms with van der Waals surface area (Å²) in [4.78, 5) is 20.8. The van der Waals surface area contributed by atoms with Crippen molar-refractivity contribution in [3.63, 3.8) is 0 Å². The van der Waals surface area contributed by atoms with Crippen LogP contribution in [0.1, 0.15) is 12.1 Å². The summed E-state index contributed by atoms with van der Waals surface area (Å²) in [6, 6.07) is 11.6. The summed E-state index contributed by atoms with van der Waals surface area (Å²) >= 11 is 0. The highest BCUT2D eigenvalue weighted by atomic mass is 16.4. The molecule has 5 heteroatoms. The minimum Gasteiger partial charge on any atom is -0.481 e. The first kappa shape index (κ1) is 13.0. The van der Waals surface area contributed by atoms with E-state index in [1.165, 1.54) is 6.33 Å². The predicted octanol–water partition coefficient (Wildman–Crippen LogP) is 1.96. The van der Waals surface area contributed by atoms with E-state index in [1.54, 1.807) is 6.20 Å². The minimum absolute atomic E-state index is 0.0972. The van der Waals surface area contributed by atoms with Crippen molar-refractivity contribution in [3.8, 4) is 0 Å². The fraction of sp³-hybridized carbons (Fsp3) is 0.214. The lowest BCUT2D eigenvalue weighted by atomic mass is 10.2. The number of aromatic nitrogens is 2. The number of hydrogen-bond donors (Lipinski definition) is 1. The van der Waals surface area contributed by atoms with E-state index >= 15 is 0 Å². The average molecular weight is 257 g/mol. The van der Waals surface area contributed by atoms with Crippen LogP contribution in [0.3, 0.4) is 0 Å². The maximum Gasteiger partial charge on any atom is 0.305 e. The summed E-state index contributed by atoms with van der Waals surface area (Å²) in [5.41, 5.74) is 1.85. The normalized spacial score (nSPS) is 10.1. The van der Waals surface area contributed by atoms with Crippen LogP contribution in [0.25, 0.3) is 0 Å². The van der Waals surface area contributed by atoms with Crippen molar-refractivity contribution in [2.75, 3.05) is 11.4 Å². The number of nitrogens with zero attached hydrogens (tertiary/aromatic N) is 3. The quantitative estimate of drug-likeness (QED) is 0.856. The largest absolute Gasteiger partial charge is 0.481 e. The molecule has 0 saturated carbocycles. The van der Waals surface area contributed by atoms with Gasteiger partial charge in [-0.15, -0.1) is 0 Å². The van der Waals surface area contributed by atoms with E-state index in [2.05, 4.69) is 9.97 Å². The van der Waals surface area contributed by atoms with Gasteiger partial charge in [-0.25, -0.2) is 9.97 Å². The van der Waals surface area contributed by atoms with Crippen LogP contribution >= 0.6 is 0 Å². The Morgan fingerprint density at radius 2 is 2.00 bits per heavy atom. The average Bonchev–Trinajstić information content (AvgIpc) is 2.45. The van der Waals surface area contributed by atoms with Crippen molar-refractivity contribution in [2.24, 2.45) is 0 Å². The predicted molar refractivity (Wildman–Crippen MR) is 71.8 cm³/mol. The summed E-state index contributed by atoms with van der Waals surface area (Å²) in [5.74, 6) is -0.802. The zero-order valence-corrected chi connectivity index (χ0v) is 10.4. The first-order valence-corrected chi connectivity index (χ1v) is 6.02. The fourth-order valence-corrected chi connectivity index (χ4v) is 1.78. The van der Waals surface area contributed by atoms with Gasteiger partial charge >= 0.3 is 5.97 Å². The SMILES string of the molecule is O=C(O)CCN(Cc1ccncn1)c1ccccc1. The van der Waals surface area contributed by atoms with E-state index in [4.69, 9.17) is 5.11 Å². The van der Waals surface area contributed by atoms with Crippen LogP contribution in [-0.4, -0.2) is 27.6 Å². The van der Waals surface area contributed by atoms with Crippen molar-refractivity contribution in [3.05, 3.63) is 54.6 Å². The molecule has 1 aromatic heterocycles. The Kier molecular flexibility index (Phi) is 4.44. The number of carbonyl (C=O) groups is 1. The van der Waals surface area contributed by atoms with E-state index in [0.717, 1.165) is 11.4 Å². The fourth-order valence-electron chi connectivity index (χ4n) is 1.78. The highest BCUT2D eigenvalue weighted by Crippen LogP contribution is 2.16. The molecule has 0 saturated heterocycles. The highest BCUT2D eigenvalue weighted by molar-refractivity contribution is 5.67. The summed E-state index contributed by atoms with van der Waals surface area (Å²) in [7, 11) is 0. The molecular weight excluding hydrogens is 242 g/mol. The van der Waals surface area contributed by atoms with E-state index in [1.807, 2.05) is 41.3 Å². The Balaban J connectivity index is 2.12. The number of anilines is 1. The van der Waals surface area contributed by atoms with Gasteiger partial charge in [0, 0.05) is 18.4 Å². The molecule has 0 spiro atoms. The van der Waals surface area contributed by atoms with Gasteiger partial charge in [-0.1, -0.05) is 18.2 Å². The molecule has 0 aliphatic heterocycles. The van der Waals surface area contributed by atoms with Crippen molar-refractivity contribution in [1.82, 2.24) is 9.97 Å². The summed E-state index contributed by atoms with van der Waals surface area (Å²) in [5, 5.41) is 8.82. The second kappa shape index (κ2) is 6.49. The van der Waals surface area contributed by atoms with Gasteiger partial charge in [-0.2, -0.15) is 0 Å². The second-order valence-electron chi connectivity index (χ2n) is 4.10. The van der Waals surface area contributed by atoms with Crippen molar-refractivity contribution in [2.45, 2.75) is 13.0 Å². The standard InChI is InChI=1S/C14H15N3O2/c18-14(19)7-9-17(13-4-2-1-3-5-13)10-12-6-8-15-11-16-12/h1-6,8,11H,7,9-10H2,(H,18,19). The van der Waals surface area contributed by atoms with Crippen LogP contribution < -0.4 is 4.90 Å². The number of hydrogen-bond acceptors (Lipinski definition) is 4. The van der Waals surface area contributed by atoms with Crippen LogP contribution in [0.5, 0.6) is 0 Å². The maximum absolute atomic E-state index is 10.7.